The van der Waals surface area contributed by atoms with Crippen molar-refractivity contribution in [2.45, 2.75) is 31.1 Å². The second-order valence-corrected chi connectivity index (χ2v) is 6.97. The summed E-state index contributed by atoms with van der Waals surface area (Å²) in [6.45, 7) is 3.00. The van der Waals surface area contributed by atoms with E-state index in [0.717, 1.165) is 19.4 Å². The number of aryl methyl sites for hydroxylation is 1. The molecule has 4 heterocycles. The first-order chi connectivity index (χ1) is 12.2. The zero-order chi connectivity index (χ0) is 17.3. The molecule has 7 heteroatoms. The summed E-state index contributed by atoms with van der Waals surface area (Å²) in [6.07, 6.45) is 7.58. The number of hydrogen-bond donors (Lipinski definition) is 0. The number of aromatic nitrogens is 3. The largest absolute Gasteiger partial charge is 0.377 e. The lowest BCUT2D eigenvalue weighted by Gasteiger charge is -2.32. The molecule has 2 aliphatic rings. The third-order valence-corrected chi connectivity index (χ3v) is 5.09. The van der Waals surface area contributed by atoms with Crippen molar-refractivity contribution in [2.24, 2.45) is 7.05 Å². The highest BCUT2D eigenvalue weighted by Gasteiger charge is 2.44. The molecule has 134 valence electrons. The minimum atomic E-state index is -0.408. The smallest absolute Gasteiger partial charge is 0.270 e. The average molecular weight is 344 g/mol. The molecule has 2 saturated heterocycles. The van der Waals surface area contributed by atoms with Crippen molar-refractivity contribution in [3.8, 4) is 0 Å². The van der Waals surface area contributed by atoms with Crippen LogP contribution in [0.3, 0.4) is 0 Å². The lowest BCUT2D eigenvalue weighted by Crippen LogP contribution is -2.47. The first kappa shape index (κ1) is 16.4. The Labute approximate surface area is 147 Å². The van der Waals surface area contributed by atoms with E-state index in [2.05, 4.69) is 5.10 Å². The molecule has 2 aliphatic heterocycles. The fourth-order valence-corrected chi connectivity index (χ4v) is 3.79. The number of hydrogen-bond acceptors (Lipinski definition) is 4. The molecule has 0 saturated carbocycles. The molecule has 2 atom stereocenters. The quantitative estimate of drug-likeness (QED) is 0.842. The SMILES string of the molecule is Cn1cccc1C(=O)N1CCOCC2(CCC(Cn3cccn3)O2)C1. The Morgan fingerprint density at radius 3 is 3.08 bits per heavy atom. The van der Waals surface area contributed by atoms with Crippen LogP contribution in [0.5, 0.6) is 0 Å². The van der Waals surface area contributed by atoms with E-state index in [1.54, 1.807) is 6.20 Å². The highest BCUT2D eigenvalue weighted by Crippen LogP contribution is 2.34. The van der Waals surface area contributed by atoms with Gasteiger partial charge in [-0.2, -0.15) is 5.10 Å². The van der Waals surface area contributed by atoms with Gasteiger partial charge in [0, 0.05) is 32.2 Å². The molecule has 2 fully saturated rings. The van der Waals surface area contributed by atoms with Gasteiger partial charge in [0.05, 0.1) is 32.4 Å². The molecule has 2 aromatic rings. The first-order valence-electron chi connectivity index (χ1n) is 8.79. The van der Waals surface area contributed by atoms with Crippen molar-refractivity contribution in [3.05, 3.63) is 42.5 Å². The number of amides is 1. The van der Waals surface area contributed by atoms with E-state index in [1.807, 2.05) is 51.8 Å². The molecular weight excluding hydrogens is 320 g/mol. The van der Waals surface area contributed by atoms with Gasteiger partial charge in [-0.3, -0.25) is 9.48 Å². The molecule has 0 aromatic carbocycles. The fraction of sp³-hybridized carbons (Fsp3) is 0.556. The van der Waals surface area contributed by atoms with Gasteiger partial charge in [0.1, 0.15) is 11.3 Å². The van der Waals surface area contributed by atoms with Crippen molar-refractivity contribution in [1.82, 2.24) is 19.2 Å². The molecule has 1 amide bonds. The van der Waals surface area contributed by atoms with E-state index < -0.39 is 5.60 Å². The summed E-state index contributed by atoms with van der Waals surface area (Å²) in [5.41, 5.74) is 0.290. The van der Waals surface area contributed by atoms with Crippen LogP contribution >= 0.6 is 0 Å². The summed E-state index contributed by atoms with van der Waals surface area (Å²) >= 11 is 0. The Morgan fingerprint density at radius 1 is 1.40 bits per heavy atom. The topological polar surface area (TPSA) is 61.5 Å². The standard InChI is InChI=1S/C18H24N4O3/c1-20-8-2-4-16(20)17(23)21-10-11-24-14-18(13-21)6-5-15(25-18)12-22-9-3-7-19-22/h2-4,7-9,15H,5-6,10-14H2,1H3. The third-order valence-electron chi connectivity index (χ3n) is 5.09. The summed E-state index contributed by atoms with van der Waals surface area (Å²) in [5, 5.41) is 4.26. The van der Waals surface area contributed by atoms with Crippen LogP contribution in [0.4, 0.5) is 0 Å². The van der Waals surface area contributed by atoms with Crippen molar-refractivity contribution in [1.29, 1.82) is 0 Å². The monoisotopic (exact) mass is 344 g/mol. The number of carbonyl (C=O) groups excluding carboxylic acids is 1. The molecule has 7 nitrogen and oxygen atoms in total. The van der Waals surface area contributed by atoms with Gasteiger partial charge in [-0.15, -0.1) is 0 Å². The molecule has 0 N–H and O–H groups in total. The predicted octanol–water partition coefficient (Wildman–Crippen LogP) is 1.31. The second kappa shape index (κ2) is 6.65. The molecular formula is C18H24N4O3. The van der Waals surface area contributed by atoms with Gasteiger partial charge in [-0.1, -0.05) is 0 Å². The summed E-state index contributed by atoms with van der Waals surface area (Å²) < 4.78 is 15.9. The molecule has 25 heavy (non-hydrogen) atoms. The first-order valence-corrected chi connectivity index (χ1v) is 8.79. The van der Waals surface area contributed by atoms with E-state index >= 15 is 0 Å². The highest BCUT2D eigenvalue weighted by atomic mass is 16.6. The van der Waals surface area contributed by atoms with Crippen molar-refractivity contribution in [2.75, 3.05) is 26.3 Å². The Balaban J connectivity index is 1.46. The zero-order valence-corrected chi connectivity index (χ0v) is 14.5. The second-order valence-electron chi connectivity index (χ2n) is 6.97. The van der Waals surface area contributed by atoms with Crippen molar-refractivity contribution < 1.29 is 14.3 Å². The average Bonchev–Trinajstić information content (AvgIpc) is 3.30. The minimum absolute atomic E-state index is 0.0384. The molecule has 0 aliphatic carbocycles. The Morgan fingerprint density at radius 2 is 2.32 bits per heavy atom. The predicted molar refractivity (Wildman–Crippen MR) is 91.2 cm³/mol. The van der Waals surface area contributed by atoms with Crippen LogP contribution in [-0.2, 0) is 23.1 Å². The fourth-order valence-electron chi connectivity index (χ4n) is 3.79. The van der Waals surface area contributed by atoms with Crippen LogP contribution in [0.2, 0.25) is 0 Å². The van der Waals surface area contributed by atoms with Crippen LogP contribution in [0.1, 0.15) is 23.3 Å². The summed E-state index contributed by atoms with van der Waals surface area (Å²) in [7, 11) is 1.89. The molecule has 0 radical (unpaired) electrons. The third kappa shape index (κ3) is 3.34. The lowest BCUT2D eigenvalue weighted by atomic mass is 10.00. The number of ether oxygens (including phenoxy) is 2. The zero-order valence-electron chi connectivity index (χ0n) is 14.5. The van der Waals surface area contributed by atoms with Gasteiger partial charge in [-0.05, 0) is 31.0 Å². The molecule has 2 unspecified atom stereocenters. The number of nitrogens with zero attached hydrogens (tertiary/aromatic N) is 4. The van der Waals surface area contributed by atoms with E-state index in [9.17, 15) is 4.79 Å². The van der Waals surface area contributed by atoms with Gasteiger partial charge < -0.3 is 18.9 Å². The molecule has 1 spiro atoms. The maximum Gasteiger partial charge on any atom is 0.270 e. The van der Waals surface area contributed by atoms with Gasteiger partial charge >= 0.3 is 0 Å². The van der Waals surface area contributed by atoms with Crippen molar-refractivity contribution >= 4 is 5.91 Å². The Hall–Kier alpha value is -2.12. The van der Waals surface area contributed by atoms with Gasteiger partial charge in [0.25, 0.3) is 5.91 Å². The highest BCUT2D eigenvalue weighted by molar-refractivity contribution is 5.92. The number of carbonyl (C=O) groups is 1. The van der Waals surface area contributed by atoms with Gasteiger partial charge in [0.2, 0.25) is 0 Å². The normalized spacial score (nSPS) is 26.9. The summed E-state index contributed by atoms with van der Waals surface area (Å²) in [6, 6.07) is 5.67. The Kier molecular flexibility index (Phi) is 4.35. The van der Waals surface area contributed by atoms with Crippen LogP contribution < -0.4 is 0 Å². The van der Waals surface area contributed by atoms with E-state index in [0.29, 0.717) is 32.0 Å². The van der Waals surface area contributed by atoms with E-state index in [-0.39, 0.29) is 12.0 Å². The van der Waals surface area contributed by atoms with Crippen molar-refractivity contribution in [3.63, 3.8) is 0 Å². The van der Waals surface area contributed by atoms with Crippen LogP contribution in [0.25, 0.3) is 0 Å². The summed E-state index contributed by atoms with van der Waals surface area (Å²) in [4.78, 5) is 14.8. The maximum atomic E-state index is 12.9. The van der Waals surface area contributed by atoms with Gasteiger partial charge in [-0.25, -0.2) is 0 Å². The Bertz CT molecular complexity index is 727. The van der Waals surface area contributed by atoms with Crippen LogP contribution in [-0.4, -0.2) is 63.2 Å². The molecule has 2 aromatic heterocycles. The lowest BCUT2D eigenvalue weighted by molar-refractivity contribution is -0.0881. The minimum Gasteiger partial charge on any atom is -0.377 e. The maximum absolute atomic E-state index is 12.9. The van der Waals surface area contributed by atoms with E-state index in [4.69, 9.17) is 9.47 Å². The number of rotatable bonds is 3. The van der Waals surface area contributed by atoms with Crippen LogP contribution in [0.15, 0.2) is 36.8 Å². The summed E-state index contributed by atoms with van der Waals surface area (Å²) in [5.74, 6) is 0.0384. The van der Waals surface area contributed by atoms with Gasteiger partial charge in [0.15, 0.2) is 0 Å². The van der Waals surface area contributed by atoms with Crippen LogP contribution in [0, 0.1) is 0 Å². The van der Waals surface area contributed by atoms with E-state index in [1.165, 1.54) is 0 Å². The molecule has 0 bridgehead atoms. The molecule has 4 rings (SSSR count).